The molecule has 1 spiro atoms. The van der Waals surface area contributed by atoms with Gasteiger partial charge < -0.3 is 42.0 Å². The summed E-state index contributed by atoms with van der Waals surface area (Å²) in [7, 11) is -3.37. The molecule has 17 nitrogen and oxygen atoms in total. The van der Waals surface area contributed by atoms with E-state index in [1.165, 1.54) is 51.1 Å². The van der Waals surface area contributed by atoms with Gasteiger partial charge in [0.05, 0.1) is 32.0 Å². The summed E-state index contributed by atoms with van der Waals surface area (Å²) in [5, 5.41) is 14.9. The van der Waals surface area contributed by atoms with E-state index in [-0.39, 0.29) is 79.0 Å². The first-order valence-electron chi connectivity index (χ1n) is 21.1. The fourth-order valence-electron chi connectivity index (χ4n) is 6.82. The maximum atomic E-state index is 11.4. The predicted octanol–water partition coefficient (Wildman–Crippen LogP) is -0.145. The quantitative estimate of drug-likeness (QED) is 0.0864. The molecule has 356 valence electrons. The van der Waals surface area contributed by atoms with E-state index in [4.69, 9.17) is 24.5 Å². The summed E-state index contributed by atoms with van der Waals surface area (Å²) in [6.07, 6.45) is 11.6. The van der Waals surface area contributed by atoms with E-state index in [0.717, 1.165) is 64.3 Å². The molecule has 1 saturated heterocycles. The molecule has 0 aromatic rings. The monoisotopic (exact) mass is 926 g/mol. The number of rotatable bonds is 12. The first-order valence-corrected chi connectivity index (χ1v) is 22.4. The minimum atomic E-state index is -3.37. The normalized spacial score (nSPS) is 19.3. The van der Waals surface area contributed by atoms with Gasteiger partial charge in [-0.15, -0.1) is 12.4 Å². The van der Waals surface area contributed by atoms with Crippen molar-refractivity contribution in [3.63, 3.8) is 0 Å². The van der Waals surface area contributed by atoms with Gasteiger partial charge in [0.25, 0.3) is 0 Å². The zero-order valence-electron chi connectivity index (χ0n) is 39.6. The molecule has 5 N–H and O–H groups in total. The summed E-state index contributed by atoms with van der Waals surface area (Å²) in [6, 6.07) is 0. The fourth-order valence-corrected chi connectivity index (χ4v) is 8.35. The van der Waals surface area contributed by atoms with Crippen LogP contribution in [0.1, 0.15) is 148 Å². The second-order valence-electron chi connectivity index (χ2n) is 15.1. The van der Waals surface area contributed by atoms with Crippen molar-refractivity contribution in [3.8, 4) is 0 Å². The fraction of sp³-hybridized carbons (Fsp3) is 0.875. The number of amides is 1. The summed E-state index contributed by atoms with van der Waals surface area (Å²) in [5.41, 5.74) is 4.28. The number of likely N-dealkylation sites (N-methyl/N-ethyl adjacent to an activating group) is 2. The second-order valence-corrected chi connectivity index (χ2v) is 16.6. The first kappa shape index (κ1) is 66.3. The van der Waals surface area contributed by atoms with Crippen molar-refractivity contribution in [3.05, 3.63) is 0 Å². The van der Waals surface area contributed by atoms with Gasteiger partial charge >= 0.3 is 53.0 Å². The van der Waals surface area contributed by atoms with Crippen molar-refractivity contribution in [2.24, 2.45) is 5.73 Å². The number of hydrogen-bond donors (Lipinski definition) is 4. The molecule has 0 atom stereocenters. The molecule has 0 bridgehead atoms. The molecule has 5 fully saturated rings. The van der Waals surface area contributed by atoms with Crippen LogP contribution in [0, 0.1) is 0 Å². The third-order valence-electron chi connectivity index (χ3n) is 10.9. The Morgan fingerprint density at radius 1 is 0.770 bits per heavy atom. The van der Waals surface area contributed by atoms with Crippen molar-refractivity contribution >= 4 is 69.9 Å². The maximum absolute atomic E-state index is 11.4. The molecule has 1 aliphatic heterocycles. The molecular formula is C40H82AlClLiN5O12S. The topological polar surface area (TPSA) is 233 Å². The summed E-state index contributed by atoms with van der Waals surface area (Å²) in [6.45, 7) is 24.4. The third-order valence-corrected chi connectivity index (χ3v) is 12.5. The Morgan fingerprint density at radius 3 is 1.41 bits per heavy atom. The molecule has 0 aromatic heterocycles. The third kappa shape index (κ3) is 22.4. The number of aliphatic hydroxyl groups excluding tert-OH is 1. The Hall–Kier alpha value is -1.32. The van der Waals surface area contributed by atoms with Crippen LogP contribution in [-0.2, 0) is 52.7 Å². The summed E-state index contributed by atoms with van der Waals surface area (Å²) < 4.78 is 42.6. The second kappa shape index (κ2) is 33.2. The molecule has 4 saturated carbocycles. The van der Waals surface area contributed by atoms with Gasteiger partial charge in [-0.05, 0) is 117 Å². The molecule has 5 aliphatic rings. The molecule has 5 rings (SSSR count). The molecule has 0 unspecified atom stereocenters. The Balaban J connectivity index is -0.000000210. The largest absolute Gasteiger partial charge is 1.00 e. The summed E-state index contributed by atoms with van der Waals surface area (Å²) >= 11 is 0. The molecular weight excluding hydrogens is 844 g/mol. The number of hydrogen-bond acceptors (Lipinski definition) is 15. The molecule has 1 amide bonds. The van der Waals surface area contributed by atoms with E-state index in [1.54, 1.807) is 13.8 Å². The van der Waals surface area contributed by atoms with Gasteiger partial charge in [0.15, 0.2) is 17.4 Å². The summed E-state index contributed by atoms with van der Waals surface area (Å²) in [4.78, 5) is 55.3. The number of ether oxygens (including phenoxy) is 3. The number of nitrogens with two attached hydrogens (primary N) is 1. The predicted molar refractivity (Wildman–Crippen MR) is 240 cm³/mol. The zero-order valence-corrected chi connectivity index (χ0v) is 40.2. The number of nitrogens with one attached hydrogen (secondary N) is 2. The van der Waals surface area contributed by atoms with E-state index in [1.807, 2.05) is 6.92 Å². The number of carbonyl (C=O) groups is 5. The molecule has 0 aromatic carbocycles. The van der Waals surface area contributed by atoms with Crippen LogP contribution in [0.25, 0.3) is 0 Å². The average molecular weight is 927 g/mol. The van der Waals surface area contributed by atoms with Gasteiger partial charge in [-0.3, -0.25) is 23.4 Å². The molecule has 4 aliphatic carbocycles. The van der Waals surface area contributed by atoms with E-state index in [9.17, 15) is 32.4 Å². The zero-order chi connectivity index (χ0) is 44.6. The first-order chi connectivity index (χ1) is 27.2. The Morgan fingerprint density at radius 2 is 1.21 bits per heavy atom. The van der Waals surface area contributed by atoms with Crippen molar-refractivity contribution in [2.75, 3.05) is 59.2 Å². The van der Waals surface area contributed by atoms with Gasteiger partial charge in [0.2, 0.25) is 5.91 Å². The van der Waals surface area contributed by atoms with Gasteiger partial charge in [-0.1, -0.05) is 34.6 Å². The van der Waals surface area contributed by atoms with Crippen LogP contribution in [0.15, 0.2) is 0 Å². The van der Waals surface area contributed by atoms with Gasteiger partial charge in [-0.2, -0.15) is 12.7 Å². The van der Waals surface area contributed by atoms with Crippen molar-refractivity contribution in [1.29, 1.82) is 0 Å². The molecule has 61 heavy (non-hydrogen) atoms. The number of aliphatic hydroxyl groups is 1. The number of esters is 4. The van der Waals surface area contributed by atoms with Crippen LogP contribution in [0.5, 0.6) is 0 Å². The van der Waals surface area contributed by atoms with E-state index < -0.39 is 33.3 Å². The minimum absolute atomic E-state index is 0. The van der Waals surface area contributed by atoms with Crippen molar-refractivity contribution < 1.29 is 76.2 Å². The molecule has 1 heterocycles. The average Bonchev–Trinajstić information content (AvgIpc) is 3.39. The Bertz CT molecular complexity index is 1370. The van der Waals surface area contributed by atoms with Crippen LogP contribution >= 0.6 is 12.4 Å². The van der Waals surface area contributed by atoms with Crippen LogP contribution in [-0.4, -0.2) is 151 Å². The minimum Gasteiger partial charge on any atom is -1.00 e. The van der Waals surface area contributed by atoms with Gasteiger partial charge in [0.1, 0.15) is 11.1 Å². The van der Waals surface area contributed by atoms with Crippen LogP contribution in [0.2, 0.25) is 0 Å². The SMILES string of the molecule is CC(=O)OC(C)=O.CCN(CC)CC.CCN1C2(CCC2)COS1(=O)=O.CCNC1(CO)CCC1.CCOC(=O)C1(N)CCC1.CCOC(=O)C1(NC(C)=O)CCC1.Cl.[AlH3].[H-].[Li+]. The van der Waals surface area contributed by atoms with Gasteiger partial charge in [0, 0.05) is 32.9 Å². The van der Waals surface area contributed by atoms with E-state index in [0.29, 0.717) is 45.8 Å². The molecule has 0 radical (unpaired) electrons. The Labute approximate surface area is 397 Å². The van der Waals surface area contributed by atoms with Crippen LogP contribution in [0.4, 0.5) is 0 Å². The number of nitrogens with zero attached hydrogens (tertiary/aromatic N) is 2. The van der Waals surface area contributed by atoms with Crippen LogP contribution < -0.4 is 35.2 Å². The smallest absolute Gasteiger partial charge is 1.00 e. The summed E-state index contributed by atoms with van der Waals surface area (Å²) in [5.74, 6) is -1.83. The van der Waals surface area contributed by atoms with E-state index >= 15 is 0 Å². The number of carbonyl (C=O) groups excluding carboxylic acids is 5. The standard InChI is InChI=1S/C9H15NO3.C7H13NO3S.C7H13NO2.C7H15NO.C6H15N.C4H6O3.Al.ClH.Li.4H/c1-3-13-8(12)9(5-4-6-9)10-7(2)11;1-2-8-7(4-3-5-7)6-11-12(8,9)10;1-2-10-6(9)7(8)4-3-5-7;1-2-8-7(6-9)4-3-5-7;1-4-7(5-2)6-3;1-3(5)7-4(2)6;;;;;;;/h3-6H2,1-2H3,(H,10,11);2-6H2,1H3;2-5,8H2,1H3;8-9H,2-6H2,1H3;4-6H2,1-3H3;1-2H3;;1H;;;;;/q;;;;;;;;+1;;;;-1. The number of halogens is 1. The van der Waals surface area contributed by atoms with Gasteiger partial charge in [-0.25, -0.2) is 4.79 Å². The van der Waals surface area contributed by atoms with Crippen molar-refractivity contribution in [1.82, 2.24) is 19.8 Å². The van der Waals surface area contributed by atoms with Crippen molar-refractivity contribution in [2.45, 2.75) is 168 Å². The van der Waals surface area contributed by atoms with Crippen LogP contribution in [0.3, 0.4) is 0 Å². The van der Waals surface area contributed by atoms with E-state index in [2.05, 4.69) is 48.0 Å². The Kier molecular flexibility index (Phi) is 36.1. The molecule has 21 heteroatoms. The maximum Gasteiger partial charge on any atom is 1.00 e.